The lowest BCUT2D eigenvalue weighted by molar-refractivity contribution is -0.121. The molecule has 0 saturated carbocycles. The Morgan fingerprint density at radius 2 is 1.95 bits per heavy atom. The lowest BCUT2D eigenvalue weighted by Gasteiger charge is -2.29. The largest absolute Gasteiger partial charge is 0.482 e. The molecule has 1 heterocycles. The molecule has 1 aliphatic rings. The third kappa shape index (κ3) is 2.59. The second-order valence-corrected chi connectivity index (χ2v) is 4.99. The van der Waals surface area contributed by atoms with E-state index in [9.17, 15) is 13.6 Å². The van der Waals surface area contributed by atoms with Crippen LogP contribution in [-0.2, 0) is 11.3 Å². The van der Waals surface area contributed by atoms with E-state index in [1.807, 2.05) is 19.1 Å². The van der Waals surface area contributed by atoms with Gasteiger partial charge in [0, 0.05) is 0 Å². The predicted octanol–water partition coefficient (Wildman–Crippen LogP) is 3.20. The number of hydrogen-bond acceptors (Lipinski definition) is 2. The number of anilines is 1. The van der Waals surface area contributed by atoms with Crippen LogP contribution < -0.4 is 9.64 Å². The maximum absolute atomic E-state index is 13.3. The fraction of sp³-hybridized carbons (Fsp3) is 0.188. The van der Waals surface area contributed by atoms with E-state index in [4.69, 9.17) is 4.74 Å². The molecular weight excluding hydrogens is 276 g/mol. The van der Waals surface area contributed by atoms with Gasteiger partial charge in [-0.15, -0.1) is 0 Å². The molecular formula is C16H13F2NO2. The van der Waals surface area contributed by atoms with Crippen LogP contribution in [0.5, 0.6) is 5.75 Å². The number of ether oxygens (including phenoxy) is 1. The van der Waals surface area contributed by atoms with E-state index < -0.39 is 11.6 Å². The summed E-state index contributed by atoms with van der Waals surface area (Å²) in [6.07, 6.45) is 0. The van der Waals surface area contributed by atoms with Gasteiger partial charge in [-0.3, -0.25) is 4.79 Å². The molecule has 3 rings (SSSR count). The number of hydrogen-bond donors (Lipinski definition) is 0. The number of halogens is 2. The molecule has 1 aliphatic heterocycles. The smallest absolute Gasteiger partial charge is 0.265 e. The molecule has 0 N–H and O–H groups in total. The van der Waals surface area contributed by atoms with Crippen molar-refractivity contribution < 1.29 is 18.3 Å². The van der Waals surface area contributed by atoms with Crippen molar-refractivity contribution in [2.45, 2.75) is 13.5 Å². The van der Waals surface area contributed by atoms with Crippen LogP contribution in [0, 0.1) is 18.6 Å². The van der Waals surface area contributed by atoms with E-state index in [-0.39, 0.29) is 19.1 Å². The SMILES string of the molecule is Cc1ccc2c(c1)OCC(=O)N2Cc1ccc(F)c(F)c1. The molecule has 0 unspecified atom stereocenters. The first kappa shape index (κ1) is 13.5. The zero-order chi connectivity index (χ0) is 15.0. The van der Waals surface area contributed by atoms with Crippen molar-refractivity contribution in [2.24, 2.45) is 0 Å². The summed E-state index contributed by atoms with van der Waals surface area (Å²) in [5.41, 5.74) is 2.19. The zero-order valence-corrected chi connectivity index (χ0v) is 11.4. The van der Waals surface area contributed by atoms with Gasteiger partial charge in [-0.25, -0.2) is 8.78 Å². The standard InChI is InChI=1S/C16H13F2NO2/c1-10-2-5-14-15(6-10)21-9-16(20)19(14)8-11-3-4-12(17)13(18)7-11/h2-7H,8-9H2,1H3. The van der Waals surface area contributed by atoms with Gasteiger partial charge in [-0.2, -0.15) is 0 Å². The quantitative estimate of drug-likeness (QED) is 0.849. The van der Waals surface area contributed by atoms with Gasteiger partial charge < -0.3 is 9.64 Å². The second kappa shape index (κ2) is 5.16. The van der Waals surface area contributed by atoms with E-state index in [2.05, 4.69) is 0 Å². The average molecular weight is 289 g/mol. The Kier molecular flexibility index (Phi) is 3.33. The molecule has 0 bridgehead atoms. The van der Waals surface area contributed by atoms with Crippen LogP contribution in [0.1, 0.15) is 11.1 Å². The van der Waals surface area contributed by atoms with E-state index in [0.717, 1.165) is 17.7 Å². The van der Waals surface area contributed by atoms with Crippen molar-refractivity contribution in [1.82, 2.24) is 0 Å². The monoisotopic (exact) mass is 289 g/mol. The zero-order valence-electron chi connectivity index (χ0n) is 11.4. The molecule has 3 nitrogen and oxygen atoms in total. The van der Waals surface area contributed by atoms with E-state index in [1.54, 1.807) is 6.07 Å². The minimum Gasteiger partial charge on any atom is -0.482 e. The first-order valence-corrected chi connectivity index (χ1v) is 6.52. The van der Waals surface area contributed by atoms with E-state index in [1.165, 1.54) is 11.0 Å². The molecule has 1 amide bonds. The summed E-state index contributed by atoms with van der Waals surface area (Å²) in [6.45, 7) is 2.05. The van der Waals surface area contributed by atoms with Gasteiger partial charge in [0.25, 0.3) is 5.91 Å². The van der Waals surface area contributed by atoms with Crippen molar-refractivity contribution >= 4 is 11.6 Å². The summed E-state index contributed by atoms with van der Waals surface area (Å²) >= 11 is 0. The Hall–Kier alpha value is -2.43. The fourth-order valence-electron chi connectivity index (χ4n) is 2.31. The Morgan fingerprint density at radius 1 is 1.14 bits per heavy atom. The minimum atomic E-state index is -0.919. The molecule has 21 heavy (non-hydrogen) atoms. The van der Waals surface area contributed by atoms with E-state index in [0.29, 0.717) is 17.0 Å². The van der Waals surface area contributed by atoms with Gasteiger partial charge in [-0.05, 0) is 42.3 Å². The molecule has 2 aromatic carbocycles. The van der Waals surface area contributed by atoms with Crippen LogP contribution in [0.4, 0.5) is 14.5 Å². The lowest BCUT2D eigenvalue weighted by atomic mass is 10.1. The molecule has 108 valence electrons. The van der Waals surface area contributed by atoms with Crippen LogP contribution in [0.2, 0.25) is 0 Å². The van der Waals surface area contributed by atoms with Crippen LogP contribution in [0.15, 0.2) is 36.4 Å². The van der Waals surface area contributed by atoms with Gasteiger partial charge in [-0.1, -0.05) is 12.1 Å². The molecule has 0 fully saturated rings. The highest BCUT2D eigenvalue weighted by molar-refractivity contribution is 5.97. The fourth-order valence-corrected chi connectivity index (χ4v) is 2.31. The van der Waals surface area contributed by atoms with Crippen molar-refractivity contribution in [3.8, 4) is 5.75 Å². The topological polar surface area (TPSA) is 29.5 Å². The molecule has 0 saturated heterocycles. The normalized spacial score (nSPS) is 13.9. The molecule has 2 aromatic rings. The number of rotatable bonds is 2. The summed E-state index contributed by atoms with van der Waals surface area (Å²) in [5.74, 6) is -1.41. The van der Waals surface area contributed by atoms with Crippen LogP contribution in [0.3, 0.4) is 0 Å². The molecule has 5 heteroatoms. The summed E-state index contributed by atoms with van der Waals surface area (Å²) < 4.78 is 31.6. The van der Waals surface area contributed by atoms with Gasteiger partial charge in [0.2, 0.25) is 0 Å². The Balaban J connectivity index is 1.94. The molecule has 0 radical (unpaired) electrons. The number of nitrogens with zero attached hydrogens (tertiary/aromatic N) is 1. The van der Waals surface area contributed by atoms with Crippen LogP contribution >= 0.6 is 0 Å². The summed E-state index contributed by atoms with van der Waals surface area (Å²) in [4.78, 5) is 13.6. The van der Waals surface area contributed by atoms with Crippen molar-refractivity contribution in [3.05, 3.63) is 59.2 Å². The third-order valence-electron chi connectivity index (χ3n) is 3.38. The number of carbonyl (C=O) groups excluding carboxylic acids is 1. The summed E-state index contributed by atoms with van der Waals surface area (Å²) in [5, 5.41) is 0. The Bertz CT molecular complexity index is 715. The maximum atomic E-state index is 13.3. The average Bonchev–Trinajstić information content (AvgIpc) is 2.46. The molecule has 0 spiro atoms. The minimum absolute atomic E-state index is 0.0554. The number of carbonyl (C=O) groups is 1. The summed E-state index contributed by atoms with van der Waals surface area (Å²) in [7, 11) is 0. The predicted molar refractivity (Wildman–Crippen MR) is 74.2 cm³/mol. The van der Waals surface area contributed by atoms with Gasteiger partial charge in [0.05, 0.1) is 12.2 Å². The van der Waals surface area contributed by atoms with Crippen molar-refractivity contribution in [3.63, 3.8) is 0 Å². The number of amides is 1. The number of fused-ring (bicyclic) bond motifs is 1. The first-order valence-electron chi connectivity index (χ1n) is 6.52. The van der Waals surface area contributed by atoms with Gasteiger partial charge >= 0.3 is 0 Å². The van der Waals surface area contributed by atoms with E-state index >= 15 is 0 Å². The van der Waals surface area contributed by atoms with Gasteiger partial charge in [0.15, 0.2) is 18.2 Å². The summed E-state index contributed by atoms with van der Waals surface area (Å²) in [6, 6.07) is 9.15. The second-order valence-electron chi connectivity index (χ2n) is 4.99. The van der Waals surface area contributed by atoms with Crippen LogP contribution in [0.25, 0.3) is 0 Å². The number of benzene rings is 2. The Morgan fingerprint density at radius 3 is 2.71 bits per heavy atom. The van der Waals surface area contributed by atoms with Crippen molar-refractivity contribution in [2.75, 3.05) is 11.5 Å². The molecule has 0 aromatic heterocycles. The third-order valence-corrected chi connectivity index (χ3v) is 3.38. The lowest BCUT2D eigenvalue weighted by Crippen LogP contribution is -2.38. The highest BCUT2D eigenvalue weighted by atomic mass is 19.2. The highest BCUT2D eigenvalue weighted by Gasteiger charge is 2.25. The molecule has 0 aliphatic carbocycles. The van der Waals surface area contributed by atoms with Gasteiger partial charge in [0.1, 0.15) is 5.75 Å². The number of aryl methyl sites for hydroxylation is 1. The molecule has 0 atom stereocenters. The maximum Gasteiger partial charge on any atom is 0.265 e. The first-order chi connectivity index (χ1) is 10.0. The Labute approximate surface area is 120 Å². The highest BCUT2D eigenvalue weighted by Crippen LogP contribution is 2.33. The van der Waals surface area contributed by atoms with Crippen LogP contribution in [-0.4, -0.2) is 12.5 Å². The van der Waals surface area contributed by atoms with Crippen molar-refractivity contribution in [1.29, 1.82) is 0 Å².